The van der Waals surface area contributed by atoms with E-state index in [2.05, 4.69) is 77.4 Å². The minimum Gasteiger partial charge on any atom is -0.512 e. The fraction of sp³-hybridized carbons (Fsp3) is 0.278. The molecule has 142 heavy (non-hydrogen) atoms. The minimum atomic E-state index is -0.718. The third-order valence-corrected chi connectivity index (χ3v) is 23.5. The number of Topliss-reactive ketones (excluding diaryl/α,β-unsaturated/α-hetero) is 6. The Morgan fingerprint density at radius 3 is 1.46 bits per heavy atom. The van der Waals surface area contributed by atoms with Crippen LogP contribution >= 0.6 is 11.6 Å². The second kappa shape index (κ2) is 45.6. The van der Waals surface area contributed by atoms with Crippen molar-refractivity contribution in [1.29, 1.82) is 5.26 Å². The van der Waals surface area contributed by atoms with Crippen LogP contribution in [-0.2, 0) is 154 Å². The number of aromatic amines is 1. The first-order valence-corrected chi connectivity index (χ1v) is 44.2. The maximum atomic E-state index is 14.1. The Labute approximate surface area is 843 Å². The fourth-order valence-corrected chi connectivity index (χ4v) is 17.0. The molecule has 0 saturated heterocycles. The Balaban J connectivity index is 0.00000383. The molecule has 15 rings (SSSR count). The molecule has 3 aromatic carbocycles. The molecule has 14 aromatic rings. The van der Waals surface area contributed by atoms with E-state index in [9.17, 15) is 77.0 Å². The maximum Gasteiger partial charge on any atom is 3.00 e. The summed E-state index contributed by atoms with van der Waals surface area (Å²) in [5, 5.41) is 40.5. The number of ketones is 6. The summed E-state index contributed by atoms with van der Waals surface area (Å²) >= 11 is 6.44. The fourth-order valence-electron chi connectivity index (χ4n) is 16.7. The van der Waals surface area contributed by atoms with E-state index < -0.39 is 47.1 Å². The first-order chi connectivity index (χ1) is 66.3. The number of fused-ring (bicyclic) bond motifs is 4. The number of amides is 9. The number of phenolic OH excluding ortho intramolecular Hbond substituents is 1. The molecule has 0 fully saturated rings. The van der Waals surface area contributed by atoms with Gasteiger partial charge in [-0.15, -0.1) is 11.6 Å². The molecular formula is C97H103ClN27O16Y. The van der Waals surface area contributed by atoms with Crippen LogP contribution in [0.3, 0.4) is 0 Å². The number of aromatic hydroxyl groups is 1. The van der Waals surface area contributed by atoms with Gasteiger partial charge in [-0.1, -0.05) is 30.3 Å². The number of rotatable bonds is 39. The van der Waals surface area contributed by atoms with Crippen LogP contribution in [0.15, 0.2) is 141 Å². The van der Waals surface area contributed by atoms with E-state index in [0.29, 0.717) is 68.6 Å². The molecule has 45 heteroatoms. The van der Waals surface area contributed by atoms with Crippen LogP contribution in [0, 0.1) is 26.7 Å². The molecule has 11 aromatic heterocycles. The summed E-state index contributed by atoms with van der Waals surface area (Å²) in [6.07, 6.45) is 15.6. The molecule has 732 valence electrons. The van der Waals surface area contributed by atoms with Crippen molar-refractivity contribution in [3.8, 4) is 5.75 Å². The number of hydrogen-bond donors (Lipinski definition) is 10. The van der Waals surface area contributed by atoms with Gasteiger partial charge in [-0.05, 0) is 82.9 Å². The number of alkyl halides is 1. The summed E-state index contributed by atoms with van der Waals surface area (Å²) in [5.74, 6) is -6.16. The molecule has 1 aliphatic heterocycles. The number of benzene rings is 3. The Morgan fingerprint density at radius 2 is 0.887 bits per heavy atom. The second-order valence-electron chi connectivity index (χ2n) is 33.9. The van der Waals surface area contributed by atoms with Gasteiger partial charge in [-0.25, -0.2) is 29.9 Å². The van der Waals surface area contributed by atoms with Gasteiger partial charge in [0.1, 0.15) is 34.4 Å². The molecule has 1 aliphatic rings. The Morgan fingerprint density at radius 1 is 0.423 bits per heavy atom. The standard InChI is InChI=1S/C94H97ClN26O16.CN.2CH3.Y/c1-50(122)98-76-46-118(9)86(105-76)92(135)110-79-49-120(11)87(108-79)93(136)109-78-48-117(8)84(107-78)90(133)97-25-23-80(130)104-77-47-119(10)85(106-77)91(134)102-58-35-70(114(5)43-58)89(132)101-57-34-69(113(4)42-57)88(131)96-24-15-17-61(124)33-56-44-115(6)83(99-56)75(129)36-59-45-116(7)82(100-59)74(128)31-53-29-66(111(2)40-53)71(125)20-14-16-60(123)27-52-28-67(112(3)39-52)73(127)30-51-21-22-64-54(26-51)32-65(103-64)94(137)121-41-55(38-95)81-63-19-13-12-18-62(63)72(126)37-68(81)121;1-2;;;/h12-13,18-19,21-22,26,28-29,32,34-35,37,39-40,42-49,55,103,126H,14-17,20,23-25,27,30-31,33,36,38,41H2,1-11H3,(H,96,131)(H,97,133)(H,98,122)(H,101,132)(H,102,134)(H,104,130)(H,109,136)(H,110,135);;2*1H3;/q;3*-1;+3. The van der Waals surface area contributed by atoms with Gasteiger partial charge in [0.05, 0.1) is 52.7 Å². The van der Waals surface area contributed by atoms with Crippen LogP contribution in [-0.4, -0.2) is 199 Å². The van der Waals surface area contributed by atoms with Crippen molar-refractivity contribution in [1.82, 2.24) is 91.2 Å². The molecule has 0 radical (unpaired) electrons. The molecule has 43 nitrogen and oxygen atoms in total. The van der Waals surface area contributed by atoms with Crippen LogP contribution < -0.4 is 47.4 Å². The number of hydrogen-bond acceptors (Lipinski definition) is 23. The number of phenols is 1. The summed E-state index contributed by atoms with van der Waals surface area (Å²) in [6, 6.07) is 22.7. The molecule has 9 amide bonds. The quantitative estimate of drug-likeness (QED) is 0.00742. The van der Waals surface area contributed by atoms with Crippen molar-refractivity contribution in [2.45, 2.75) is 83.5 Å². The number of imidazole rings is 6. The van der Waals surface area contributed by atoms with Gasteiger partial charge >= 0.3 is 32.7 Å². The first-order valence-electron chi connectivity index (χ1n) is 43.7. The molecule has 0 saturated carbocycles. The van der Waals surface area contributed by atoms with E-state index in [1.54, 1.807) is 112 Å². The van der Waals surface area contributed by atoms with Crippen molar-refractivity contribution in [3.05, 3.63) is 259 Å². The van der Waals surface area contributed by atoms with E-state index in [-0.39, 0.29) is 265 Å². The van der Waals surface area contributed by atoms with E-state index in [1.165, 1.54) is 114 Å². The molecular weight excluding hydrogens is 1920 g/mol. The predicted molar refractivity (Wildman–Crippen MR) is 521 cm³/mol. The van der Waals surface area contributed by atoms with E-state index >= 15 is 0 Å². The third-order valence-electron chi connectivity index (χ3n) is 23.2. The van der Waals surface area contributed by atoms with Gasteiger partial charge < -0.3 is 130 Å². The maximum absolute atomic E-state index is 14.1. The Kier molecular flexibility index (Phi) is 34.1. The summed E-state index contributed by atoms with van der Waals surface area (Å²) in [7, 11) is 16.0. The molecule has 0 aliphatic carbocycles. The van der Waals surface area contributed by atoms with Gasteiger partial charge in [0.25, 0.3) is 41.4 Å². The molecule has 1 atom stereocenters. The van der Waals surface area contributed by atoms with Crippen LogP contribution in [0.25, 0.3) is 21.7 Å². The van der Waals surface area contributed by atoms with Gasteiger partial charge in [0.15, 0.2) is 46.5 Å². The van der Waals surface area contributed by atoms with Crippen LogP contribution in [0.4, 0.5) is 40.3 Å². The topological polar surface area (TPSA) is 542 Å². The number of halogens is 1. The zero-order valence-corrected chi connectivity index (χ0v) is 83.6. The number of anilines is 7. The van der Waals surface area contributed by atoms with E-state index in [1.807, 2.05) is 42.5 Å². The summed E-state index contributed by atoms with van der Waals surface area (Å²) in [6.45, 7) is 6.38. The van der Waals surface area contributed by atoms with Gasteiger partial charge in [0, 0.05) is 238 Å². The number of nitrogens with one attached hydrogen (secondary N) is 9. The number of aryl methyl sites for hydroxylation is 10. The minimum absolute atomic E-state index is 0. The van der Waals surface area contributed by atoms with Crippen molar-refractivity contribution in [2.24, 2.45) is 70.5 Å². The van der Waals surface area contributed by atoms with Crippen molar-refractivity contribution < 1.29 is 110 Å². The van der Waals surface area contributed by atoms with Gasteiger partial charge in [-0.2, -0.15) is 0 Å². The van der Waals surface area contributed by atoms with Crippen molar-refractivity contribution in [3.63, 3.8) is 0 Å². The summed E-state index contributed by atoms with van der Waals surface area (Å²) in [5.41, 5.74) is 6.83. The molecule has 0 bridgehead atoms. The monoisotopic (exact) mass is 2030 g/mol. The smallest absolute Gasteiger partial charge is 0.512 e. The third kappa shape index (κ3) is 24.4. The predicted octanol–water partition coefficient (Wildman–Crippen LogP) is 9.25. The first kappa shape index (κ1) is 106. The molecule has 1 unspecified atom stereocenters. The number of carbonyl (C=O) groups excluding carboxylic acids is 15. The number of nitrogens with zero attached hydrogens (tertiary/aromatic N) is 18. The average molecular weight is 2030 g/mol. The van der Waals surface area contributed by atoms with Crippen LogP contribution in [0.5, 0.6) is 5.75 Å². The second-order valence-corrected chi connectivity index (χ2v) is 34.2. The SMILES string of the molecule is CC(=O)Nc1cn(C)c(C(=O)Nc2cn(C)c(C(=O)Nc3cn(C)c(C(=O)NCCC(=O)Nc4cn(C)c(C(=O)Nc5cc(C(=O)Nc6cc(C(=O)NCCCC(=O)Cc7cn(C)c(C(=O)Cc8cn(C)c(C(=O)Cc9cc(C(=O)CCCC(=O)Cc%10cc(C(=O)Cc%11ccc%12[nH]c(C(=O)N%13CC(CCl)c%14c%13cc(O)c%13ccccc%14%13)cc%12c%11)n(C)c%10)n(C)c9)n8)n7)n(C)c6)n(C)c5)n4)n3)n2)n1.[C-]#N.[CH3-].[CH3-].[Y+3]. The van der Waals surface area contributed by atoms with Crippen LogP contribution in [0.1, 0.15) is 201 Å². The number of carbonyl (C=O) groups is 15. The Bertz CT molecular complexity index is 7350. The largest absolute Gasteiger partial charge is 3.00 e. The van der Waals surface area contributed by atoms with Gasteiger partial charge in [-0.3, -0.25) is 71.9 Å². The molecule has 10 N–H and O–H groups in total. The number of H-pyrrole nitrogens is 1. The zero-order chi connectivity index (χ0) is 99.8. The number of aromatic nitrogens is 17. The van der Waals surface area contributed by atoms with Crippen molar-refractivity contribution >= 4 is 161 Å². The summed E-state index contributed by atoms with van der Waals surface area (Å²) < 4.78 is 14.9. The van der Waals surface area contributed by atoms with Crippen molar-refractivity contribution in [2.75, 3.05) is 62.3 Å². The van der Waals surface area contributed by atoms with E-state index in [0.717, 1.165) is 21.9 Å². The molecule has 12 heterocycles. The summed E-state index contributed by atoms with van der Waals surface area (Å²) in [4.78, 5) is 231. The van der Waals surface area contributed by atoms with Crippen LogP contribution in [0.2, 0.25) is 0 Å². The van der Waals surface area contributed by atoms with Gasteiger partial charge in [0.2, 0.25) is 46.7 Å². The Hall–Kier alpha value is -16.2. The normalized spacial score (nSPS) is 11.8. The molecule has 0 spiro atoms. The average Bonchev–Trinajstić information content (AvgIpc) is 1.58. The van der Waals surface area contributed by atoms with E-state index in [4.69, 9.17) is 23.4 Å². The zero-order valence-electron chi connectivity index (χ0n) is 80.0.